The van der Waals surface area contributed by atoms with E-state index in [1.807, 2.05) is 13.8 Å². The minimum absolute atomic E-state index is 0.310. The molecule has 2 N–H and O–H groups in total. The molecule has 86 valence electrons. The maximum Gasteiger partial charge on any atom is 0.113 e. The third kappa shape index (κ3) is 3.48. The molecule has 15 heavy (non-hydrogen) atoms. The molecule has 2 nitrogen and oxygen atoms in total. The van der Waals surface area contributed by atoms with Crippen molar-refractivity contribution in [2.24, 2.45) is 0 Å². The summed E-state index contributed by atoms with van der Waals surface area (Å²) >= 11 is 18.8. The second kappa shape index (κ2) is 5.71. The Kier molecular flexibility index (Phi) is 5.16. The Balaban J connectivity index is 2.73. The predicted molar refractivity (Wildman–Crippen MR) is 67.4 cm³/mol. The molecule has 1 aromatic heterocycles. The van der Waals surface area contributed by atoms with E-state index in [9.17, 15) is 5.11 Å². The molecule has 0 aliphatic heterocycles. The van der Waals surface area contributed by atoms with E-state index in [-0.39, 0.29) is 0 Å². The summed E-state index contributed by atoms with van der Waals surface area (Å²) in [4.78, 5) is 0.611. The van der Waals surface area contributed by atoms with Crippen molar-refractivity contribution < 1.29 is 5.11 Å². The third-order valence-electron chi connectivity index (χ3n) is 1.80. The van der Waals surface area contributed by atoms with Crippen molar-refractivity contribution in [2.75, 3.05) is 6.54 Å². The molecule has 0 spiro atoms. The van der Waals surface area contributed by atoms with Gasteiger partial charge in [-0.1, -0.05) is 48.7 Å². The summed E-state index contributed by atoms with van der Waals surface area (Å²) in [5, 5.41) is 13.6. The molecule has 0 amide bonds. The minimum Gasteiger partial charge on any atom is -0.386 e. The summed E-state index contributed by atoms with van der Waals surface area (Å²) in [6.07, 6.45) is -0.671. The lowest BCUT2D eigenvalue weighted by molar-refractivity contribution is 0.175. The summed E-state index contributed by atoms with van der Waals surface area (Å²) in [6.45, 7) is 4.44. The van der Waals surface area contributed by atoms with Gasteiger partial charge in [0.1, 0.15) is 10.4 Å². The van der Waals surface area contributed by atoms with Crippen LogP contribution in [0.25, 0.3) is 0 Å². The molecule has 0 fully saturated rings. The molecule has 1 rings (SSSR count). The number of aliphatic hydroxyl groups is 1. The van der Waals surface area contributed by atoms with E-state index in [0.29, 0.717) is 31.8 Å². The highest BCUT2D eigenvalue weighted by molar-refractivity contribution is 7.17. The summed E-state index contributed by atoms with van der Waals surface area (Å²) < 4.78 is 0.417. The minimum atomic E-state index is -0.671. The number of aliphatic hydroxyl groups excluding tert-OH is 1. The monoisotopic (exact) mass is 287 g/mol. The lowest BCUT2D eigenvalue weighted by Crippen LogP contribution is -2.27. The Labute approximate surface area is 108 Å². The molecule has 0 aromatic carbocycles. The second-order valence-corrected chi connectivity index (χ2v) is 5.86. The molecule has 6 heteroatoms. The molecule has 0 radical (unpaired) electrons. The van der Waals surface area contributed by atoms with E-state index in [4.69, 9.17) is 34.8 Å². The van der Waals surface area contributed by atoms with Gasteiger partial charge < -0.3 is 10.4 Å². The van der Waals surface area contributed by atoms with Gasteiger partial charge >= 0.3 is 0 Å². The molecule has 1 aromatic rings. The van der Waals surface area contributed by atoms with Gasteiger partial charge in [-0.3, -0.25) is 0 Å². The highest BCUT2D eigenvalue weighted by Crippen LogP contribution is 2.42. The number of hydrogen-bond acceptors (Lipinski definition) is 3. The normalized spacial score (nSPS) is 13.5. The Morgan fingerprint density at radius 2 is 1.87 bits per heavy atom. The molecule has 0 aliphatic rings. The van der Waals surface area contributed by atoms with Gasteiger partial charge in [0.15, 0.2) is 0 Å². The van der Waals surface area contributed by atoms with E-state index >= 15 is 0 Å². The van der Waals surface area contributed by atoms with Crippen molar-refractivity contribution in [3.05, 3.63) is 19.3 Å². The van der Waals surface area contributed by atoms with Crippen LogP contribution < -0.4 is 5.32 Å². The van der Waals surface area contributed by atoms with Crippen LogP contribution in [-0.2, 0) is 0 Å². The maximum absolute atomic E-state index is 9.83. The first kappa shape index (κ1) is 13.6. The van der Waals surface area contributed by atoms with Crippen LogP contribution in [0.1, 0.15) is 24.8 Å². The van der Waals surface area contributed by atoms with Gasteiger partial charge in [-0.05, 0) is 0 Å². The van der Waals surface area contributed by atoms with Gasteiger partial charge in [0.25, 0.3) is 0 Å². The van der Waals surface area contributed by atoms with Gasteiger partial charge in [-0.15, -0.1) is 11.3 Å². The van der Waals surface area contributed by atoms with E-state index in [1.54, 1.807) is 0 Å². The SMILES string of the molecule is CC(C)NCC(O)c1sc(Cl)c(Cl)c1Cl. The zero-order chi connectivity index (χ0) is 11.6. The fourth-order valence-corrected chi connectivity index (χ4v) is 2.89. The van der Waals surface area contributed by atoms with Crippen molar-refractivity contribution in [1.29, 1.82) is 0 Å². The average Bonchev–Trinajstić information content (AvgIpc) is 2.42. The topological polar surface area (TPSA) is 32.3 Å². The lowest BCUT2D eigenvalue weighted by Gasteiger charge is -2.12. The Morgan fingerprint density at radius 1 is 1.27 bits per heavy atom. The summed E-state index contributed by atoms with van der Waals surface area (Å²) in [5.41, 5.74) is 0. The first-order chi connectivity index (χ1) is 6.93. The Bertz CT molecular complexity index is 340. The van der Waals surface area contributed by atoms with Crippen LogP contribution >= 0.6 is 46.1 Å². The summed E-state index contributed by atoms with van der Waals surface area (Å²) in [5.74, 6) is 0. The average molecular weight is 289 g/mol. The van der Waals surface area contributed by atoms with Crippen LogP contribution in [0.15, 0.2) is 0 Å². The lowest BCUT2D eigenvalue weighted by atomic mass is 10.2. The number of rotatable bonds is 4. The number of nitrogens with one attached hydrogen (secondary N) is 1. The zero-order valence-corrected chi connectivity index (χ0v) is 11.4. The standard InChI is InChI=1S/C9H12Cl3NOS/c1-4(2)13-3-5(14)8-6(10)7(11)9(12)15-8/h4-5,13-14H,3H2,1-2H3. The van der Waals surface area contributed by atoms with Gasteiger partial charge in [0.05, 0.1) is 14.9 Å². The van der Waals surface area contributed by atoms with Crippen LogP contribution in [0.2, 0.25) is 14.4 Å². The van der Waals surface area contributed by atoms with Crippen LogP contribution in [-0.4, -0.2) is 17.7 Å². The maximum atomic E-state index is 9.83. The molecular weight excluding hydrogens is 277 g/mol. The van der Waals surface area contributed by atoms with E-state index in [2.05, 4.69) is 5.32 Å². The highest BCUT2D eigenvalue weighted by Gasteiger charge is 2.19. The molecule has 0 aliphatic carbocycles. The first-order valence-electron chi connectivity index (χ1n) is 4.48. The third-order valence-corrected chi connectivity index (χ3v) is 4.49. The van der Waals surface area contributed by atoms with Gasteiger partial charge in [0.2, 0.25) is 0 Å². The van der Waals surface area contributed by atoms with E-state index in [1.165, 1.54) is 11.3 Å². The van der Waals surface area contributed by atoms with Crippen molar-refractivity contribution in [1.82, 2.24) is 5.32 Å². The van der Waals surface area contributed by atoms with Gasteiger partial charge in [-0.25, -0.2) is 0 Å². The molecule has 0 saturated heterocycles. The molecule has 1 atom stereocenters. The van der Waals surface area contributed by atoms with Crippen LogP contribution in [0.3, 0.4) is 0 Å². The fourth-order valence-electron chi connectivity index (χ4n) is 1.03. The number of hydrogen-bond donors (Lipinski definition) is 2. The van der Waals surface area contributed by atoms with Crippen molar-refractivity contribution in [3.8, 4) is 0 Å². The van der Waals surface area contributed by atoms with Gasteiger partial charge in [-0.2, -0.15) is 0 Å². The Hall–Kier alpha value is 0.490. The van der Waals surface area contributed by atoms with E-state index in [0.717, 1.165) is 0 Å². The fraction of sp³-hybridized carbons (Fsp3) is 0.556. The van der Waals surface area contributed by atoms with E-state index < -0.39 is 6.10 Å². The summed E-state index contributed by atoms with van der Waals surface area (Å²) in [7, 11) is 0. The van der Waals surface area contributed by atoms with Crippen LogP contribution in [0, 0.1) is 0 Å². The molecule has 1 heterocycles. The van der Waals surface area contributed by atoms with Crippen LogP contribution in [0.5, 0.6) is 0 Å². The number of thiophene rings is 1. The van der Waals surface area contributed by atoms with Crippen LogP contribution in [0.4, 0.5) is 0 Å². The molecular formula is C9H12Cl3NOS. The molecule has 0 saturated carbocycles. The van der Waals surface area contributed by atoms with Crippen molar-refractivity contribution >= 4 is 46.1 Å². The quantitative estimate of drug-likeness (QED) is 0.884. The van der Waals surface area contributed by atoms with Gasteiger partial charge in [0, 0.05) is 12.6 Å². The molecule has 0 bridgehead atoms. The molecule has 1 unspecified atom stereocenters. The smallest absolute Gasteiger partial charge is 0.113 e. The summed E-state index contributed by atoms with van der Waals surface area (Å²) in [6, 6.07) is 0.310. The predicted octanol–water partition coefficient (Wildman–Crippen LogP) is 3.74. The largest absolute Gasteiger partial charge is 0.386 e. The highest BCUT2D eigenvalue weighted by atomic mass is 35.5. The second-order valence-electron chi connectivity index (χ2n) is 3.45. The number of halogens is 3. The van der Waals surface area contributed by atoms with Crippen molar-refractivity contribution in [2.45, 2.75) is 26.0 Å². The first-order valence-corrected chi connectivity index (χ1v) is 6.43. The van der Waals surface area contributed by atoms with Crippen molar-refractivity contribution in [3.63, 3.8) is 0 Å². The Morgan fingerprint density at radius 3 is 2.27 bits per heavy atom. The zero-order valence-electron chi connectivity index (χ0n) is 8.35.